The van der Waals surface area contributed by atoms with Gasteiger partial charge >= 0.3 is 0 Å². The fraction of sp³-hybridized carbons (Fsp3) is 0.500. The third-order valence-electron chi connectivity index (χ3n) is 3.37. The zero-order valence-corrected chi connectivity index (χ0v) is 11.7. The molecule has 1 saturated heterocycles. The molecule has 0 radical (unpaired) electrons. The molecular weight excluding hydrogens is 242 g/mol. The molecule has 1 heterocycles. The number of hydrogen-bond acceptors (Lipinski definition) is 3. The smallest absolute Gasteiger partial charge is 0.0771 e. The van der Waals surface area contributed by atoms with Crippen molar-refractivity contribution in [3.8, 4) is 0 Å². The zero-order valence-electron chi connectivity index (χ0n) is 10.9. The number of nitrogens with two attached hydrogens (primary N) is 1. The van der Waals surface area contributed by atoms with Crippen LogP contribution in [0.5, 0.6) is 0 Å². The molecule has 2 N–H and O–H groups in total. The Bertz CT molecular complexity index is 411. The summed E-state index contributed by atoms with van der Waals surface area (Å²) in [7, 11) is 2.18. The van der Waals surface area contributed by atoms with E-state index >= 15 is 0 Å². The van der Waals surface area contributed by atoms with E-state index in [9.17, 15) is 0 Å². The highest BCUT2D eigenvalue weighted by atomic mass is 32.1. The monoisotopic (exact) mass is 263 g/mol. The normalized spacial score (nSPS) is 17.8. The summed E-state index contributed by atoms with van der Waals surface area (Å²) in [6, 6.07) is 8.59. The van der Waals surface area contributed by atoms with Crippen LogP contribution >= 0.6 is 12.2 Å². The van der Waals surface area contributed by atoms with Gasteiger partial charge in [-0.25, -0.2) is 0 Å². The molecule has 1 aliphatic rings. The summed E-state index contributed by atoms with van der Waals surface area (Å²) in [4.78, 5) is 5.44. The predicted molar refractivity (Wildman–Crippen MR) is 79.7 cm³/mol. The van der Waals surface area contributed by atoms with Crippen molar-refractivity contribution in [2.75, 3.05) is 33.2 Å². The third kappa shape index (κ3) is 4.05. The van der Waals surface area contributed by atoms with Crippen molar-refractivity contribution < 1.29 is 0 Å². The molecule has 0 bridgehead atoms. The first-order chi connectivity index (χ1) is 8.63. The highest BCUT2D eigenvalue weighted by Crippen LogP contribution is 2.11. The average molecular weight is 263 g/mol. The van der Waals surface area contributed by atoms with Crippen molar-refractivity contribution in [1.82, 2.24) is 9.80 Å². The zero-order chi connectivity index (χ0) is 13.0. The van der Waals surface area contributed by atoms with E-state index in [0.29, 0.717) is 11.4 Å². The maximum absolute atomic E-state index is 5.59. The lowest BCUT2D eigenvalue weighted by Gasteiger charge is -2.32. The lowest BCUT2D eigenvalue weighted by atomic mass is 10.1. The van der Waals surface area contributed by atoms with Gasteiger partial charge in [-0.15, -0.1) is 0 Å². The second-order valence-corrected chi connectivity index (χ2v) is 5.57. The second kappa shape index (κ2) is 6.27. The molecule has 2 rings (SSSR count). The lowest BCUT2D eigenvalue weighted by Crippen LogP contribution is -2.43. The van der Waals surface area contributed by atoms with Gasteiger partial charge in [0.1, 0.15) is 0 Å². The Hall–Kier alpha value is -0.970. The number of likely N-dealkylation sites (N-methyl/N-ethyl adjacent to an activating group) is 1. The summed E-state index contributed by atoms with van der Waals surface area (Å²) in [6.07, 6.45) is 0.700. The number of benzene rings is 1. The highest BCUT2D eigenvalue weighted by molar-refractivity contribution is 7.80. The molecule has 1 fully saturated rings. The van der Waals surface area contributed by atoms with Gasteiger partial charge in [-0.3, -0.25) is 4.90 Å². The molecule has 98 valence electrons. The van der Waals surface area contributed by atoms with E-state index in [0.717, 1.165) is 32.7 Å². The van der Waals surface area contributed by atoms with Gasteiger partial charge in [-0.05, 0) is 18.2 Å². The number of nitrogens with zero attached hydrogens (tertiary/aromatic N) is 2. The van der Waals surface area contributed by atoms with E-state index in [1.165, 1.54) is 11.1 Å². The Morgan fingerprint density at radius 1 is 1.22 bits per heavy atom. The molecule has 0 saturated carbocycles. The number of piperazine rings is 1. The molecule has 0 aromatic heterocycles. The minimum absolute atomic E-state index is 0.562. The predicted octanol–water partition coefficient (Wildman–Crippen LogP) is 1.26. The largest absolute Gasteiger partial charge is 0.393 e. The van der Waals surface area contributed by atoms with Gasteiger partial charge in [0.15, 0.2) is 0 Å². The summed E-state index contributed by atoms with van der Waals surface area (Å²) in [5.74, 6) is 0. The maximum Gasteiger partial charge on any atom is 0.0771 e. The van der Waals surface area contributed by atoms with Crippen molar-refractivity contribution >= 4 is 17.2 Å². The highest BCUT2D eigenvalue weighted by Gasteiger charge is 2.13. The summed E-state index contributed by atoms with van der Waals surface area (Å²) in [5.41, 5.74) is 8.16. The second-order valence-electron chi connectivity index (χ2n) is 5.04. The summed E-state index contributed by atoms with van der Waals surface area (Å²) in [5, 5.41) is 0. The average Bonchev–Trinajstić information content (AvgIpc) is 2.32. The van der Waals surface area contributed by atoms with Crippen LogP contribution in [0, 0.1) is 0 Å². The standard InChI is InChI=1S/C14H21N3S/c1-16-5-7-17(8-6-16)11-13-4-2-3-12(9-13)10-14(15)18/h2-4,9H,5-8,10-11H2,1H3,(H2,15,18). The van der Waals surface area contributed by atoms with E-state index in [1.807, 2.05) is 0 Å². The number of thiocarbonyl (C=S) groups is 1. The molecule has 1 aliphatic heterocycles. The van der Waals surface area contributed by atoms with Crippen molar-refractivity contribution in [2.45, 2.75) is 13.0 Å². The van der Waals surface area contributed by atoms with Gasteiger partial charge < -0.3 is 10.6 Å². The number of hydrogen-bond donors (Lipinski definition) is 1. The minimum atomic E-state index is 0.562. The Morgan fingerprint density at radius 2 is 1.89 bits per heavy atom. The van der Waals surface area contributed by atoms with Crippen molar-refractivity contribution in [3.05, 3.63) is 35.4 Å². The molecule has 18 heavy (non-hydrogen) atoms. The van der Waals surface area contributed by atoms with Gasteiger partial charge in [0.25, 0.3) is 0 Å². The molecule has 3 nitrogen and oxygen atoms in total. The quantitative estimate of drug-likeness (QED) is 0.829. The van der Waals surface area contributed by atoms with Crippen LogP contribution in [0.1, 0.15) is 11.1 Å². The molecular formula is C14H21N3S. The van der Waals surface area contributed by atoms with Gasteiger partial charge in [-0.2, -0.15) is 0 Å². The van der Waals surface area contributed by atoms with E-state index in [2.05, 4.69) is 41.1 Å². The van der Waals surface area contributed by atoms with Gasteiger partial charge in [-0.1, -0.05) is 36.5 Å². The third-order valence-corrected chi connectivity index (χ3v) is 3.52. The Labute approximate surface area is 115 Å². The first kappa shape index (κ1) is 13.5. The van der Waals surface area contributed by atoms with Crippen LogP contribution in [-0.2, 0) is 13.0 Å². The molecule has 1 aromatic rings. The first-order valence-corrected chi connectivity index (χ1v) is 6.81. The van der Waals surface area contributed by atoms with Crippen LogP contribution in [0.15, 0.2) is 24.3 Å². The van der Waals surface area contributed by atoms with Crippen molar-refractivity contribution in [2.24, 2.45) is 5.73 Å². The molecule has 0 aliphatic carbocycles. The summed E-state index contributed by atoms with van der Waals surface area (Å²) >= 11 is 4.96. The SMILES string of the molecule is CN1CCN(Cc2cccc(CC(N)=S)c2)CC1. The molecule has 4 heteroatoms. The molecule has 0 amide bonds. The van der Waals surface area contributed by atoms with Crippen LogP contribution in [0.4, 0.5) is 0 Å². The van der Waals surface area contributed by atoms with Crippen LogP contribution in [0.25, 0.3) is 0 Å². The van der Waals surface area contributed by atoms with Crippen molar-refractivity contribution in [3.63, 3.8) is 0 Å². The topological polar surface area (TPSA) is 32.5 Å². The maximum atomic E-state index is 5.59. The van der Waals surface area contributed by atoms with Crippen LogP contribution in [-0.4, -0.2) is 48.0 Å². The fourth-order valence-electron chi connectivity index (χ4n) is 2.30. The Kier molecular flexibility index (Phi) is 4.69. The first-order valence-electron chi connectivity index (χ1n) is 6.40. The summed E-state index contributed by atoms with van der Waals surface area (Å²) in [6.45, 7) is 5.64. The Morgan fingerprint density at radius 3 is 2.56 bits per heavy atom. The van der Waals surface area contributed by atoms with Gasteiger partial charge in [0.05, 0.1) is 4.99 Å². The van der Waals surface area contributed by atoms with E-state index in [4.69, 9.17) is 18.0 Å². The van der Waals surface area contributed by atoms with Crippen LogP contribution < -0.4 is 5.73 Å². The van der Waals surface area contributed by atoms with Gasteiger partial charge in [0, 0.05) is 39.1 Å². The van der Waals surface area contributed by atoms with Gasteiger partial charge in [0.2, 0.25) is 0 Å². The van der Waals surface area contributed by atoms with E-state index < -0.39 is 0 Å². The minimum Gasteiger partial charge on any atom is -0.393 e. The molecule has 0 unspecified atom stereocenters. The Balaban J connectivity index is 1.94. The van der Waals surface area contributed by atoms with E-state index in [1.54, 1.807) is 0 Å². The molecule has 0 atom stereocenters. The summed E-state index contributed by atoms with van der Waals surface area (Å²) < 4.78 is 0. The number of rotatable bonds is 4. The fourth-order valence-corrected chi connectivity index (χ4v) is 2.47. The molecule has 0 spiro atoms. The van der Waals surface area contributed by atoms with Crippen LogP contribution in [0.2, 0.25) is 0 Å². The van der Waals surface area contributed by atoms with Crippen molar-refractivity contribution in [1.29, 1.82) is 0 Å². The lowest BCUT2D eigenvalue weighted by molar-refractivity contribution is 0.148. The molecule has 1 aromatic carbocycles. The van der Waals surface area contributed by atoms with E-state index in [-0.39, 0.29) is 0 Å². The van der Waals surface area contributed by atoms with Crippen LogP contribution in [0.3, 0.4) is 0 Å².